The fourth-order valence-corrected chi connectivity index (χ4v) is 2.70. The maximum atomic E-state index is 12.7. The summed E-state index contributed by atoms with van der Waals surface area (Å²) in [5.41, 5.74) is 1.18. The fraction of sp³-hybridized carbons (Fsp3) is 0.529. The standard InChI is InChI=1S/C17H25N3O2.ClH/c1-13(12-18-2)16(21)19-15-9-5-4-8-14(15)17(22)20-10-6-3-7-11-20;/h4-5,8-9,13,18H,3,6-7,10-12H2,1-2H3,(H,19,21);1H. The van der Waals surface area contributed by atoms with Crippen LogP contribution in [0.3, 0.4) is 0 Å². The van der Waals surface area contributed by atoms with Crippen molar-refractivity contribution in [3.05, 3.63) is 29.8 Å². The molecule has 1 fully saturated rings. The topological polar surface area (TPSA) is 61.4 Å². The highest BCUT2D eigenvalue weighted by Gasteiger charge is 2.22. The molecule has 6 heteroatoms. The number of piperidine rings is 1. The summed E-state index contributed by atoms with van der Waals surface area (Å²) in [6.45, 7) is 4.07. The number of anilines is 1. The van der Waals surface area contributed by atoms with E-state index in [0.717, 1.165) is 25.9 Å². The minimum atomic E-state index is -0.150. The molecule has 1 saturated heterocycles. The van der Waals surface area contributed by atoms with E-state index in [1.807, 2.05) is 31.0 Å². The molecule has 1 atom stereocenters. The Kier molecular flexibility index (Phi) is 8.06. The van der Waals surface area contributed by atoms with Gasteiger partial charge in [-0.1, -0.05) is 19.1 Å². The Morgan fingerprint density at radius 2 is 1.83 bits per heavy atom. The highest BCUT2D eigenvalue weighted by atomic mass is 35.5. The van der Waals surface area contributed by atoms with E-state index in [9.17, 15) is 9.59 Å². The van der Waals surface area contributed by atoms with Crippen molar-refractivity contribution in [2.75, 3.05) is 32.0 Å². The number of carbonyl (C=O) groups is 2. The van der Waals surface area contributed by atoms with Gasteiger partial charge in [-0.15, -0.1) is 12.4 Å². The first-order chi connectivity index (χ1) is 10.6. The zero-order chi connectivity index (χ0) is 15.9. The summed E-state index contributed by atoms with van der Waals surface area (Å²) in [5, 5.41) is 5.88. The summed E-state index contributed by atoms with van der Waals surface area (Å²) in [6.07, 6.45) is 3.29. The molecular weight excluding hydrogens is 314 g/mol. The Morgan fingerprint density at radius 1 is 1.17 bits per heavy atom. The zero-order valence-corrected chi connectivity index (χ0v) is 14.6. The molecule has 2 N–H and O–H groups in total. The summed E-state index contributed by atoms with van der Waals surface area (Å²) < 4.78 is 0. The number of likely N-dealkylation sites (tertiary alicyclic amines) is 1. The van der Waals surface area contributed by atoms with Crippen LogP contribution in [0.2, 0.25) is 0 Å². The predicted molar refractivity (Wildman–Crippen MR) is 95.2 cm³/mol. The van der Waals surface area contributed by atoms with Crippen molar-refractivity contribution in [2.24, 2.45) is 5.92 Å². The molecule has 0 radical (unpaired) electrons. The van der Waals surface area contributed by atoms with E-state index in [-0.39, 0.29) is 30.1 Å². The molecule has 0 saturated carbocycles. The average molecular weight is 340 g/mol. The number of nitrogens with one attached hydrogen (secondary N) is 2. The quantitative estimate of drug-likeness (QED) is 0.866. The summed E-state index contributed by atoms with van der Waals surface area (Å²) in [6, 6.07) is 7.26. The van der Waals surface area contributed by atoms with Gasteiger partial charge in [-0.3, -0.25) is 9.59 Å². The number of benzene rings is 1. The largest absolute Gasteiger partial charge is 0.339 e. The van der Waals surface area contributed by atoms with Gasteiger partial charge in [0, 0.05) is 25.6 Å². The molecule has 0 bridgehead atoms. The lowest BCUT2D eigenvalue weighted by atomic mass is 10.1. The summed E-state index contributed by atoms with van der Waals surface area (Å²) in [5.74, 6) is -0.215. The Morgan fingerprint density at radius 3 is 2.48 bits per heavy atom. The number of rotatable bonds is 5. The molecule has 0 aliphatic carbocycles. The maximum absolute atomic E-state index is 12.7. The maximum Gasteiger partial charge on any atom is 0.255 e. The zero-order valence-electron chi connectivity index (χ0n) is 13.8. The Balaban J connectivity index is 0.00000264. The van der Waals surface area contributed by atoms with Crippen LogP contribution >= 0.6 is 12.4 Å². The lowest BCUT2D eigenvalue weighted by Crippen LogP contribution is -2.36. The van der Waals surface area contributed by atoms with Crippen LogP contribution in [0.25, 0.3) is 0 Å². The van der Waals surface area contributed by atoms with Gasteiger partial charge in [-0.25, -0.2) is 0 Å². The summed E-state index contributed by atoms with van der Waals surface area (Å²) in [7, 11) is 1.82. The molecule has 1 aliphatic rings. The van der Waals surface area contributed by atoms with E-state index in [4.69, 9.17) is 0 Å². The van der Waals surface area contributed by atoms with E-state index >= 15 is 0 Å². The first-order valence-corrected chi connectivity index (χ1v) is 7.97. The van der Waals surface area contributed by atoms with Crippen molar-refractivity contribution in [1.82, 2.24) is 10.2 Å². The third kappa shape index (κ3) is 5.22. The van der Waals surface area contributed by atoms with Crippen LogP contribution in [0.15, 0.2) is 24.3 Å². The van der Waals surface area contributed by atoms with Crippen LogP contribution in [0, 0.1) is 5.92 Å². The van der Waals surface area contributed by atoms with Gasteiger partial charge >= 0.3 is 0 Å². The first kappa shape index (κ1) is 19.5. The van der Waals surface area contributed by atoms with Crippen LogP contribution in [-0.4, -0.2) is 43.4 Å². The minimum Gasteiger partial charge on any atom is -0.339 e. The monoisotopic (exact) mass is 339 g/mol. The van der Waals surface area contributed by atoms with Gasteiger partial charge in [0.1, 0.15) is 0 Å². The van der Waals surface area contributed by atoms with Crippen LogP contribution in [0.1, 0.15) is 36.5 Å². The molecule has 1 aromatic rings. The molecule has 2 amide bonds. The molecule has 1 heterocycles. The molecule has 0 aromatic heterocycles. The van der Waals surface area contributed by atoms with E-state index in [2.05, 4.69) is 10.6 Å². The normalized spacial score (nSPS) is 15.5. The van der Waals surface area contributed by atoms with Gasteiger partial charge in [0.2, 0.25) is 5.91 Å². The van der Waals surface area contributed by atoms with Crippen molar-refractivity contribution in [3.8, 4) is 0 Å². The lowest BCUT2D eigenvalue weighted by molar-refractivity contribution is -0.119. The highest BCUT2D eigenvalue weighted by Crippen LogP contribution is 2.20. The van der Waals surface area contributed by atoms with Gasteiger partial charge in [0.05, 0.1) is 11.3 Å². The lowest BCUT2D eigenvalue weighted by Gasteiger charge is -2.27. The van der Waals surface area contributed by atoms with Crippen molar-refractivity contribution in [3.63, 3.8) is 0 Å². The van der Waals surface area contributed by atoms with Crippen LogP contribution in [-0.2, 0) is 4.79 Å². The number of amides is 2. The second-order valence-corrected chi connectivity index (χ2v) is 5.85. The number of hydrogen-bond donors (Lipinski definition) is 2. The fourth-order valence-electron chi connectivity index (χ4n) is 2.70. The minimum absolute atomic E-state index is 0. The molecule has 1 aromatic carbocycles. The Hall–Kier alpha value is -1.59. The molecule has 2 rings (SSSR count). The Bertz CT molecular complexity index is 530. The summed E-state index contributed by atoms with van der Waals surface area (Å²) in [4.78, 5) is 26.7. The number of hydrogen-bond acceptors (Lipinski definition) is 3. The van der Waals surface area contributed by atoms with E-state index in [0.29, 0.717) is 17.8 Å². The molecular formula is C17H26ClN3O2. The van der Waals surface area contributed by atoms with Crippen molar-refractivity contribution in [2.45, 2.75) is 26.2 Å². The van der Waals surface area contributed by atoms with Gasteiger partial charge in [0.25, 0.3) is 5.91 Å². The molecule has 1 unspecified atom stereocenters. The smallest absolute Gasteiger partial charge is 0.255 e. The van der Waals surface area contributed by atoms with Gasteiger partial charge in [0.15, 0.2) is 0 Å². The van der Waals surface area contributed by atoms with E-state index < -0.39 is 0 Å². The molecule has 0 spiro atoms. The first-order valence-electron chi connectivity index (χ1n) is 7.97. The number of halogens is 1. The third-order valence-corrected chi connectivity index (χ3v) is 4.02. The van der Waals surface area contributed by atoms with E-state index in [1.165, 1.54) is 6.42 Å². The SMILES string of the molecule is CNCC(C)C(=O)Nc1ccccc1C(=O)N1CCCCC1.Cl. The Labute approximate surface area is 144 Å². The van der Waals surface area contributed by atoms with Crippen molar-refractivity contribution >= 4 is 29.9 Å². The molecule has 23 heavy (non-hydrogen) atoms. The average Bonchev–Trinajstić information content (AvgIpc) is 2.55. The third-order valence-electron chi connectivity index (χ3n) is 4.02. The number of carbonyl (C=O) groups excluding carboxylic acids is 2. The second kappa shape index (κ2) is 9.53. The summed E-state index contributed by atoms with van der Waals surface area (Å²) >= 11 is 0. The highest BCUT2D eigenvalue weighted by molar-refractivity contribution is 6.04. The van der Waals surface area contributed by atoms with Gasteiger partial charge in [-0.2, -0.15) is 0 Å². The molecule has 5 nitrogen and oxygen atoms in total. The van der Waals surface area contributed by atoms with Crippen molar-refractivity contribution < 1.29 is 9.59 Å². The van der Waals surface area contributed by atoms with Crippen LogP contribution < -0.4 is 10.6 Å². The van der Waals surface area contributed by atoms with Gasteiger partial charge < -0.3 is 15.5 Å². The second-order valence-electron chi connectivity index (χ2n) is 5.85. The number of para-hydroxylation sites is 1. The van der Waals surface area contributed by atoms with Crippen molar-refractivity contribution in [1.29, 1.82) is 0 Å². The van der Waals surface area contributed by atoms with Crippen LogP contribution in [0.4, 0.5) is 5.69 Å². The van der Waals surface area contributed by atoms with E-state index in [1.54, 1.807) is 12.1 Å². The van der Waals surface area contributed by atoms with Gasteiger partial charge in [-0.05, 0) is 38.4 Å². The number of nitrogens with zero attached hydrogens (tertiary/aromatic N) is 1. The molecule has 1 aliphatic heterocycles. The molecule has 128 valence electrons. The van der Waals surface area contributed by atoms with Crippen LogP contribution in [0.5, 0.6) is 0 Å². The predicted octanol–water partition coefficient (Wildman–Crippen LogP) is 2.53.